The molecule has 5 heteroatoms. The Bertz CT molecular complexity index is 462. The largest absolute Gasteiger partial charge is 0.399 e. The zero-order chi connectivity index (χ0) is 14.5. The fourth-order valence-electron chi connectivity index (χ4n) is 2.73. The summed E-state index contributed by atoms with van der Waals surface area (Å²) < 4.78 is 1.60. The van der Waals surface area contributed by atoms with Crippen molar-refractivity contribution < 1.29 is 4.79 Å². The van der Waals surface area contributed by atoms with Gasteiger partial charge in [0.1, 0.15) is 0 Å². The molecule has 3 N–H and O–H groups in total. The van der Waals surface area contributed by atoms with Crippen molar-refractivity contribution in [1.82, 2.24) is 0 Å². The Balaban J connectivity index is 1.88. The minimum absolute atomic E-state index is 0.0711. The van der Waals surface area contributed by atoms with Crippen LogP contribution >= 0.6 is 31.9 Å². The first kappa shape index (κ1) is 15.8. The van der Waals surface area contributed by atoms with E-state index >= 15 is 0 Å². The second-order valence-corrected chi connectivity index (χ2v) is 7.16. The van der Waals surface area contributed by atoms with Crippen molar-refractivity contribution in [2.45, 2.75) is 44.9 Å². The van der Waals surface area contributed by atoms with Crippen molar-refractivity contribution in [3.05, 3.63) is 21.1 Å². The van der Waals surface area contributed by atoms with E-state index in [-0.39, 0.29) is 5.91 Å². The molecular formula is C15H20Br2N2O. The monoisotopic (exact) mass is 402 g/mol. The molecule has 0 heterocycles. The topological polar surface area (TPSA) is 55.1 Å². The van der Waals surface area contributed by atoms with Gasteiger partial charge in [0, 0.05) is 21.1 Å². The molecule has 0 radical (unpaired) electrons. The molecule has 2 rings (SSSR count). The fourth-order valence-corrected chi connectivity index (χ4v) is 4.15. The van der Waals surface area contributed by atoms with Crippen LogP contribution in [0.4, 0.5) is 11.4 Å². The highest BCUT2D eigenvalue weighted by Gasteiger charge is 2.16. The van der Waals surface area contributed by atoms with Crippen LogP contribution in [0.5, 0.6) is 0 Å². The van der Waals surface area contributed by atoms with E-state index in [1.54, 1.807) is 12.1 Å². The molecule has 1 aliphatic carbocycles. The third-order valence-corrected chi connectivity index (χ3v) is 5.08. The van der Waals surface area contributed by atoms with E-state index in [1.165, 1.54) is 32.1 Å². The van der Waals surface area contributed by atoms with Gasteiger partial charge in [-0.05, 0) is 56.3 Å². The van der Waals surface area contributed by atoms with Crippen LogP contribution in [-0.4, -0.2) is 5.91 Å². The minimum Gasteiger partial charge on any atom is -0.399 e. The summed E-state index contributed by atoms with van der Waals surface area (Å²) in [5.41, 5.74) is 7.16. The Morgan fingerprint density at radius 2 is 1.80 bits per heavy atom. The minimum atomic E-state index is 0.0711. The standard InChI is InChI=1S/C15H20Br2N2O/c16-12-8-11(18)9-13(17)15(12)19-14(20)7-6-10-4-2-1-3-5-10/h8-10H,1-7,18H2,(H,19,20). The van der Waals surface area contributed by atoms with Gasteiger partial charge in [-0.2, -0.15) is 0 Å². The molecule has 0 aromatic heterocycles. The number of benzene rings is 1. The quantitative estimate of drug-likeness (QED) is 0.687. The first-order valence-corrected chi connectivity index (χ1v) is 8.69. The second kappa shape index (κ2) is 7.46. The first-order valence-electron chi connectivity index (χ1n) is 7.10. The highest BCUT2D eigenvalue weighted by Crippen LogP contribution is 2.34. The Labute approximate surface area is 136 Å². The van der Waals surface area contributed by atoms with Crippen molar-refractivity contribution in [3.63, 3.8) is 0 Å². The smallest absolute Gasteiger partial charge is 0.224 e. The molecule has 0 aliphatic heterocycles. The van der Waals surface area contributed by atoms with Crippen LogP contribution in [0.25, 0.3) is 0 Å². The molecule has 1 aliphatic rings. The Hall–Kier alpha value is -0.550. The molecular weight excluding hydrogens is 384 g/mol. The highest BCUT2D eigenvalue weighted by atomic mass is 79.9. The lowest BCUT2D eigenvalue weighted by Crippen LogP contribution is -2.15. The van der Waals surface area contributed by atoms with Crippen molar-refractivity contribution in [3.8, 4) is 0 Å². The van der Waals surface area contributed by atoms with Crippen molar-refractivity contribution >= 4 is 49.1 Å². The Morgan fingerprint density at radius 3 is 2.40 bits per heavy atom. The zero-order valence-electron chi connectivity index (χ0n) is 11.4. The van der Waals surface area contributed by atoms with Crippen molar-refractivity contribution in [1.29, 1.82) is 0 Å². The van der Waals surface area contributed by atoms with Crippen LogP contribution in [0, 0.1) is 5.92 Å². The van der Waals surface area contributed by atoms with Crippen LogP contribution < -0.4 is 11.1 Å². The number of nitrogen functional groups attached to an aromatic ring is 1. The first-order chi connectivity index (χ1) is 9.56. The van der Waals surface area contributed by atoms with E-state index in [4.69, 9.17) is 5.73 Å². The molecule has 0 bridgehead atoms. The van der Waals surface area contributed by atoms with Gasteiger partial charge < -0.3 is 11.1 Å². The van der Waals surface area contributed by atoms with Gasteiger partial charge in [-0.15, -0.1) is 0 Å². The number of carbonyl (C=O) groups is 1. The van der Waals surface area contributed by atoms with Gasteiger partial charge in [0.2, 0.25) is 5.91 Å². The third-order valence-electron chi connectivity index (χ3n) is 3.83. The van der Waals surface area contributed by atoms with Gasteiger partial charge in [-0.3, -0.25) is 4.79 Å². The molecule has 110 valence electrons. The summed E-state index contributed by atoms with van der Waals surface area (Å²) in [5, 5.41) is 2.96. The van der Waals surface area contributed by atoms with Gasteiger partial charge in [-0.1, -0.05) is 32.1 Å². The molecule has 0 atom stereocenters. The summed E-state index contributed by atoms with van der Waals surface area (Å²) >= 11 is 6.86. The van der Waals surface area contributed by atoms with E-state index in [0.29, 0.717) is 12.1 Å². The van der Waals surface area contributed by atoms with E-state index in [9.17, 15) is 4.79 Å². The summed E-state index contributed by atoms with van der Waals surface area (Å²) in [4.78, 5) is 12.1. The van der Waals surface area contributed by atoms with Gasteiger partial charge in [-0.25, -0.2) is 0 Å². The third kappa shape index (κ3) is 4.48. The summed E-state index contributed by atoms with van der Waals surface area (Å²) in [6.45, 7) is 0. The molecule has 1 aromatic rings. The number of nitrogens with two attached hydrogens (primary N) is 1. The number of hydrogen-bond acceptors (Lipinski definition) is 2. The Kier molecular flexibility index (Phi) is 5.90. The number of halogens is 2. The lowest BCUT2D eigenvalue weighted by atomic mass is 9.86. The van der Waals surface area contributed by atoms with Crippen molar-refractivity contribution in [2.75, 3.05) is 11.1 Å². The zero-order valence-corrected chi connectivity index (χ0v) is 14.6. The van der Waals surface area contributed by atoms with Gasteiger partial charge >= 0.3 is 0 Å². The van der Waals surface area contributed by atoms with E-state index in [2.05, 4.69) is 37.2 Å². The summed E-state index contributed by atoms with van der Waals surface area (Å²) in [6, 6.07) is 3.59. The number of carbonyl (C=O) groups excluding carboxylic acids is 1. The highest BCUT2D eigenvalue weighted by molar-refractivity contribution is 9.11. The van der Waals surface area contributed by atoms with E-state index in [1.807, 2.05) is 0 Å². The maximum absolute atomic E-state index is 12.1. The molecule has 1 saturated carbocycles. The molecule has 1 fully saturated rings. The number of rotatable bonds is 4. The lowest BCUT2D eigenvalue weighted by molar-refractivity contribution is -0.116. The lowest BCUT2D eigenvalue weighted by Gasteiger charge is -2.21. The van der Waals surface area contributed by atoms with E-state index < -0.39 is 0 Å². The summed E-state index contributed by atoms with van der Waals surface area (Å²) in [5.74, 6) is 0.801. The van der Waals surface area contributed by atoms with Gasteiger partial charge in [0.15, 0.2) is 0 Å². The SMILES string of the molecule is Nc1cc(Br)c(NC(=O)CCC2CCCCC2)c(Br)c1. The average Bonchev–Trinajstić information content (AvgIpc) is 2.42. The number of hydrogen-bond donors (Lipinski definition) is 2. The maximum Gasteiger partial charge on any atom is 0.224 e. The van der Waals surface area contributed by atoms with Gasteiger partial charge in [0.25, 0.3) is 0 Å². The molecule has 0 unspecified atom stereocenters. The van der Waals surface area contributed by atoms with E-state index in [0.717, 1.165) is 27.0 Å². The molecule has 1 amide bonds. The molecule has 20 heavy (non-hydrogen) atoms. The summed E-state index contributed by atoms with van der Waals surface area (Å²) in [6.07, 6.45) is 8.14. The van der Waals surface area contributed by atoms with Gasteiger partial charge in [0.05, 0.1) is 5.69 Å². The molecule has 0 spiro atoms. The number of amides is 1. The van der Waals surface area contributed by atoms with Crippen LogP contribution in [0.2, 0.25) is 0 Å². The predicted molar refractivity (Wildman–Crippen MR) is 90.7 cm³/mol. The van der Waals surface area contributed by atoms with Crippen molar-refractivity contribution in [2.24, 2.45) is 5.92 Å². The number of nitrogens with one attached hydrogen (secondary N) is 1. The molecule has 0 saturated heterocycles. The summed E-state index contributed by atoms with van der Waals surface area (Å²) in [7, 11) is 0. The second-order valence-electron chi connectivity index (χ2n) is 5.45. The molecule has 3 nitrogen and oxygen atoms in total. The fraction of sp³-hybridized carbons (Fsp3) is 0.533. The predicted octanol–water partition coefficient (Wildman–Crippen LogP) is 5.09. The Morgan fingerprint density at radius 1 is 1.20 bits per heavy atom. The normalized spacial score (nSPS) is 16.1. The average molecular weight is 404 g/mol. The molecule has 1 aromatic carbocycles. The van der Waals surface area contributed by atoms with Crippen LogP contribution in [0.3, 0.4) is 0 Å². The van der Waals surface area contributed by atoms with Crippen LogP contribution in [0.1, 0.15) is 44.9 Å². The number of anilines is 2. The van der Waals surface area contributed by atoms with Crippen LogP contribution in [0.15, 0.2) is 21.1 Å². The maximum atomic E-state index is 12.1. The van der Waals surface area contributed by atoms with Crippen LogP contribution in [-0.2, 0) is 4.79 Å².